The standard InChI is InChI=1S/C17H22N6O2/c1-25-15-7-6-13(19-16(24)10-18-9-11-2-3-11)8-14(15)23-17(12-4-5-12)20-21-22-23/h6-8,11-12,18H,2-5,9-10H2,1H3,(H,19,24). The van der Waals surface area contributed by atoms with Crippen LogP contribution in [0.3, 0.4) is 0 Å². The van der Waals surface area contributed by atoms with Crippen molar-refractivity contribution in [2.45, 2.75) is 31.6 Å². The maximum atomic E-state index is 12.1. The Labute approximate surface area is 145 Å². The largest absolute Gasteiger partial charge is 0.494 e. The summed E-state index contributed by atoms with van der Waals surface area (Å²) in [6, 6.07) is 5.49. The first-order valence-electron chi connectivity index (χ1n) is 8.72. The zero-order chi connectivity index (χ0) is 17.2. The van der Waals surface area contributed by atoms with E-state index in [0.717, 1.165) is 36.8 Å². The SMILES string of the molecule is COc1ccc(NC(=O)CNCC2CC2)cc1-n1nnnc1C1CC1. The average molecular weight is 342 g/mol. The Morgan fingerprint density at radius 1 is 1.32 bits per heavy atom. The van der Waals surface area contributed by atoms with Gasteiger partial charge in [0.1, 0.15) is 11.4 Å². The summed E-state index contributed by atoms with van der Waals surface area (Å²) in [5.41, 5.74) is 1.43. The normalized spacial score (nSPS) is 16.7. The molecule has 132 valence electrons. The first-order chi connectivity index (χ1) is 12.2. The summed E-state index contributed by atoms with van der Waals surface area (Å²) in [5, 5.41) is 18.1. The zero-order valence-corrected chi connectivity index (χ0v) is 14.2. The molecule has 0 saturated heterocycles. The second kappa shape index (κ2) is 6.79. The fourth-order valence-electron chi connectivity index (χ4n) is 2.81. The average Bonchev–Trinajstić information content (AvgIpc) is 3.55. The molecule has 1 aromatic carbocycles. The van der Waals surface area contributed by atoms with Gasteiger partial charge in [-0.15, -0.1) is 5.10 Å². The highest BCUT2D eigenvalue weighted by Gasteiger charge is 2.30. The molecule has 1 heterocycles. The number of hydrogen-bond donors (Lipinski definition) is 2. The molecule has 2 N–H and O–H groups in total. The molecule has 2 aromatic rings. The molecule has 0 bridgehead atoms. The van der Waals surface area contributed by atoms with Crippen LogP contribution in [-0.4, -0.2) is 46.3 Å². The minimum atomic E-state index is -0.0594. The summed E-state index contributed by atoms with van der Waals surface area (Å²) in [7, 11) is 1.61. The van der Waals surface area contributed by atoms with Crippen LogP contribution in [0.25, 0.3) is 5.69 Å². The van der Waals surface area contributed by atoms with Gasteiger partial charge in [0.15, 0.2) is 5.82 Å². The summed E-state index contributed by atoms with van der Waals surface area (Å²) < 4.78 is 7.15. The third-order valence-corrected chi connectivity index (χ3v) is 4.54. The van der Waals surface area contributed by atoms with E-state index in [2.05, 4.69) is 26.2 Å². The smallest absolute Gasteiger partial charge is 0.238 e. The van der Waals surface area contributed by atoms with Crippen molar-refractivity contribution in [3.63, 3.8) is 0 Å². The van der Waals surface area contributed by atoms with Gasteiger partial charge in [0, 0.05) is 11.6 Å². The number of anilines is 1. The van der Waals surface area contributed by atoms with Crippen molar-refractivity contribution in [1.82, 2.24) is 25.5 Å². The van der Waals surface area contributed by atoms with Crippen LogP contribution >= 0.6 is 0 Å². The number of nitrogens with one attached hydrogen (secondary N) is 2. The predicted octanol–water partition coefficient (Wildman–Crippen LogP) is 1.49. The van der Waals surface area contributed by atoms with E-state index in [9.17, 15) is 4.79 Å². The highest BCUT2D eigenvalue weighted by Crippen LogP contribution is 2.40. The van der Waals surface area contributed by atoms with E-state index in [0.29, 0.717) is 23.9 Å². The molecule has 2 aliphatic rings. The van der Waals surface area contributed by atoms with Gasteiger partial charge in [-0.3, -0.25) is 4.79 Å². The summed E-state index contributed by atoms with van der Waals surface area (Å²) in [6.07, 6.45) is 4.75. The molecule has 0 spiro atoms. The number of carbonyl (C=O) groups is 1. The number of hydrogen-bond acceptors (Lipinski definition) is 6. The summed E-state index contributed by atoms with van der Waals surface area (Å²) in [6.45, 7) is 1.23. The van der Waals surface area contributed by atoms with Crippen molar-refractivity contribution in [2.24, 2.45) is 5.92 Å². The molecule has 0 unspecified atom stereocenters. The van der Waals surface area contributed by atoms with Gasteiger partial charge in [-0.1, -0.05) is 0 Å². The molecule has 1 amide bonds. The number of ether oxygens (including phenoxy) is 1. The number of carbonyl (C=O) groups excluding carboxylic acids is 1. The van der Waals surface area contributed by atoms with E-state index in [-0.39, 0.29) is 5.91 Å². The number of methoxy groups -OCH3 is 1. The quantitative estimate of drug-likeness (QED) is 0.755. The van der Waals surface area contributed by atoms with Gasteiger partial charge < -0.3 is 15.4 Å². The second-order valence-corrected chi connectivity index (χ2v) is 6.73. The number of aromatic nitrogens is 4. The Balaban J connectivity index is 1.49. The van der Waals surface area contributed by atoms with Crippen LogP contribution in [0.15, 0.2) is 18.2 Å². The van der Waals surface area contributed by atoms with Gasteiger partial charge >= 0.3 is 0 Å². The fourth-order valence-corrected chi connectivity index (χ4v) is 2.81. The van der Waals surface area contributed by atoms with Crippen LogP contribution in [0.5, 0.6) is 5.75 Å². The van der Waals surface area contributed by atoms with E-state index < -0.39 is 0 Å². The zero-order valence-electron chi connectivity index (χ0n) is 14.2. The van der Waals surface area contributed by atoms with Gasteiger partial charge in [-0.05, 0) is 66.8 Å². The fraction of sp³-hybridized carbons (Fsp3) is 0.529. The maximum absolute atomic E-state index is 12.1. The minimum Gasteiger partial charge on any atom is -0.494 e. The van der Waals surface area contributed by atoms with Crippen LogP contribution < -0.4 is 15.4 Å². The van der Waals surface area contributed by atoms with Gasteiger partial charge in [0.05, 0.1) is 13.7 Å². The molecule has 0 atom stereocenters. The molecule has 2 aliphatic carbocycles. The number of nitrogens with zero attached hydrogens (tertiary/aromatic N) is 4. The summed E-state index contributed by atoms with van der Waals surface area (Å²) in [5.74, 6) is 2.61. The number of tetrazole rings is 1. The lowest BCUT2D eigenvalue weighted by Crippen LogP contribution is -2.29. The first-order valence-corrected chi connectivity index (χ1v) is 8.72. The molecular weight excluding hydrogens is 320 g/mol. The van der Waals surface area contributed by atoms with Crippen LogP contribution in [0.1, 0.15) is 37.4 Å². The summed E-state index contributed by atoms with van der Waals surface area (Å²) >= 11 is 0. The van der Waals surface area contributed by atoms with Crippen molar-refractivity contribution in [3.8, 4) is 11.4 Å². The van der Waals surface area contributed by atoms with Crippen LogP contribution in [-0.2, 0) is 4.79 Å². The molecule has 4 rings (SSSR count). The molecule has 2 saturated carbocycles. The molecule has 25 heavy (non-hydrogen) atoms. The Bertz CT molecular complexity index is 766. The topological polar surface area (TPSA) is 94.0 Å². The summed E-state index contributed by atoms with van der Waals surface area (Å²) in [4.78, 5) is 12.1. The van der Waals surface area contributed by atoms with Gasteiger partial charge in [0.2, 0.25) is 5.91 Å². The van der Waals surface area contributed by atoms with E-state index in [1.807, 2.05) is 18.2 Å². The lowest BCUT2D eigenvalue weighted by Gasteiger charge is -2.12. The van der Waals surface area contributed by atoms with Crippen molar-refractivity contribution in [1.29, 1.82) is 0 Å². The third kappa shape index (κ3) is 3.79. The van der Waals surface area contributed by atoms with Gasteiger partial charge in [0.25, 0.3) is 0 Å². The second-order valence-electron chi connectivity index (χ2n) is 6.73. The Kier molecular flexibility index (Phi) is 4.35. The third-order valence-electron chi connectivity index (χ3n) is 4.54. The Hall–Kier alpha value is -2.48. The predicted molar refractivity (Wildman–Crippen MR) is 91.9 cm³/mol. The van der Waals surface area contributed by atoms with Crippen LogP contribution in [0, 0.1) is 5.92 Å². The molecule has 8 heteroatoms. The van der Waals surface area contributed by atoms with Crippen LogP contribution in [0.4, 0.5) is 5.69 Å². The van der Waals surface area contributed by atoms with Crippen molar-refractivity contribution in [2.75, 3.05) is 25.5 Å². The van der Waals surface area contributed by atoms with Crippen molar-refractivity contribution in [3.05, 3.63) is 24.0 Å². The Morgan fingerprint density at radius 2 is 2.16 bits per heavy atom. The van der Waals surface area contributed by atoms with Crippen LogP contribution in [0.2, 0.25) is 0 Å². The number of amides is 1. The lowest BCUT2D eigenvalue weighted by atomic mass is 10.2. The molecule has 0 aliphatic heterocycles. The molecule has 8 nitrogen and oxygen atoms in total. The van der Waals surface area contributed by atoms with E-state index >= 15 is 0 Å². The van der Waals surface area contributed by atoms with Gasteiger partial charge in [-0.2, -0.15) is 4.68 Å². The molecule has 1 aromatic heterocycles. The molecular formula is C17H22N6O2. The van der Waals surface area contributed by atoms with Gasteiger partial charge in [-0.25, -0.2) is 0 Å². The molecule has 2 fully saturated rings. The first kappa shape index (κ1) is 16.0. The lowest BCUT2D eigenvalue weighted by molar-refractivity contribution is -0.115. The monoisotopic (exact) mass is 342 g/mol. The van der Waals surface area contributed by atoms with E-state index in [4.69, 9.17) is 4.74 Å². The van der Waals surface area contributed by atoms with Crippen molar-refractivity contribution < 1.29 is 9.53 Å². The number of benzene rings is 1. The maximum Gasteiger partial charge on any atom is 0.238 e. The highest BCUT2D eigenvalue weighted by molar-refractivity contribution is 5.92. The highest BCUT2D eigenvalue weighted by atomic mass is 16.5. The van der Waals surface area contributed by atoms with E-state index in [1.54, 1.807) is 11.8 Å². The van der Waals surface area contributed by atoms with E-state index in [1.165, 1.54) is 12.8 Å². The minimum absolute atomic E-state index is 0.0594. The molecule has 0 radical (unpaired) electrons. The van der Waals surface area contributed by atoms with Crippen molar-refractivity contribution >= 4 is 11.6 Å². The number of rotatable bonds is 8. The Morgan fingerprint density at radius 3 is 2.88 bits per heavy atom.